The second-order valence-electron chi connectivity index (χ2n) is 5.81. The lowest BCUT2D eigenvalue weighted by atomic mass is 9.74. The predicted molar refractivity (Wildman–Crippen MR) is 60.4 cm³/mol. The van der Waals surface area contributed by atoms with Crippen LogP contribution in [-0.4, -0.2) is 16.9 Å². The molecule has 0 atom stereocenters. The number of quaternary nitrogens is 1. The summed E-state index contributed by atoms with van der Waals surface area (Å²) >= 11 is 0. The highest BCUT2D eigenvalue weighted by atomic mass is 16.5. The molecule has 0 aromatic rings. The number of carbonyl (C=O) groups is 1. The van der Waals surface area contributed by atoms with Crippen molar-refractivity contribution < 1.29 is 9.86 Å². The van der Waals surface area contributed by atoms with Crippen molar-refractivity contribution in [2.24, 2.45) is 5.92 Å². The summed E-state index contributed by atoms with van der Waals surface area (Å²) in [5, 5.41) is 12.4. The van der Waals surface area contributed by atoms with E-state index < -0.39 is 0 Å². The topological polar surface area (TPSA) is 44.6 Å². The van der Waals surface area contributed by atoms with E-state index in [-0.39, 0.29) is 27.8 Å². The van der Waals surface area contributed by atoms with Crippen LogP contribution in [0.4, 0.5) is 0 Å². The maximum absolute atomic E-state index is 12.1. The van der Waals surface area contributed by atoms with Crippen molar-refractivity contribution in [2.75, 3.05) is 0 Å². The third-order valence-corrected chi connectivity index (χ3v) is 3.35. The molecular weight excluding hydrogens is 190 g/mol. The number of hydrogen-bond donors (Lipinski definition) is 1. The Morgan fingerprint density at radius 1 is 1.33 bits per heavy atom. The molecule has 3 heteroatoms. The van der Waals surface area contributed by atoms with Crippen molar-refractivity contribution in [1.29, 1.82) is 0 Å². The minimum absolute atomic E-state index is 0.0369. The second-order valence-corrected chi connectivity index (χ2v) is 5.81. The average Bonchev–Trinajstić information content (AvgIpc) is 2.11. The van der Waals surface area contributed by atoms with Gasteiger partial charge in [-0.3, -0.25) is 4.79 Å². The number of hydroxylamine groups is 2. The molecule has 1 fully saturated rings. The molecule has 15 heavy (non-hydrogen) atoms. The minimum Gasteiger partial charge on any atom is -0.634 e. The fourth-order valence-electron chi connectivity index (χ4n) is 2.77. The third-order valence-electron chi connectivity index (χ3n) is 3.35. The zero-order chi connectivity index (χ0) is 11.9. The zero-order valence-electron chi connectivity index (χ0n) is 10.1. The largest absolute Gasteiger partial charge is 0.634 e. The summed E-state index contributed by atoms with van der Waals surface area (Å²) in [5.74, 6) is 0.0360. The van der Waals surface area contributed by atoms with Gasteiger partial charge in [-0.1, -0.05) is 6.58 Å². The zero-order valence-corrected chi connectivity index (χ0v) is 10.1. The molecule has 0 saturated carbocycles. The van der Waals surface area contributed by atoms with Gasteiger partial charge in [-0.05, 0) is 33.8 Å². The van der Waals surface area contributed by atoms with E-state index in [9.17, 15) is 10.0 Å². The molecule has 0 radical (unpaired) electrons. The first kappa shape index (κ1) is 12.4. The van der Waals surface area contributed by atoms with E-state index in [1.54, 1.807) is 0 Å². The highest BCUT2D eigenvalue weighted by Gasteiger charge is 2.46. The molecule has 0 aliphatic carbocycles. The quantitative estimate of drug-likeness (QED) is 0.549. The van der Waals surface area contributed by atoms with Gasteiger partial charge in [0, 0.05) is 18.8 Å². The summed E-state index contributed by atoms with van der Waals surface area (Å²) in [7, 11) is 0. The highest BCUT2D eigenvalue weighted by Crippen LogP contribution is 2.29. The minimum atomic E-state index is -0.384. The first-order valence-corrected chi connectivity index (χ1v) is 5.42. The average molecular weight is 211 g/mol. The molecule has 0 amide bonds. The van der Waals surface area contributed by atoms with Crippen LogP contribution in [0, 0.1) is 11.1 Å². The monoisotopic (exact) mass is 211 g/mol. The Morgan fingerprint density at radius 3 is 2.07 bits per heavy atom. The summed E-state index contributed by atoms with van der Waals surface area (Å²) in [5.41, 5.74) is -0.768. The fourth-order valence-corrected chi connectivity index (χ4v) is 2.77. The SMILES string of the molecule is C=CC(=O)C1CC(C)(C)[NH+]([O-])C(C)(C)C1. The van der Waals surface area contributed by atoms with Crippen LogP contribution in [0.1, 0.15) is 40.5 Å². The molecule has 0 aromatic carbocycles. The molecule has 1 rings (SSSR count). The van der Waals surface area contributed by atoms with Crippen molar-refractivity contribution in [1.82, 2.24) is 0 Å². The van der Waals surface area contributed by atoms with Gasteiger partial charge < -0.3 is 10.3 Å². The second kappa shape index (κ2) is 3.72. The highest BCUT2D eigenvalue weighted by molar-refractivity contribution is 5.91. The molecule has 0 aromatic heterocycles. The Morgan fingerprint density at radius 2 is 1.73 bits per heavy atom. The summed E-state index contributed by atoms with van der Waals surface area (Å²) < 4.78 is 0. The van der Waals surface area contributed by atoms with Crippen molar-refractivity contribution in [3.05, 3.63) is 17.9 Å². The fraction of sp³-hybridized carbons (Fsp3) is 0.750. The van der Waals surface area contributed by atoms with E-state index in [0.717, 1.165) is 0 Å². The van der Waals surface area contributed by atoms with Gasteiger partial charge in [-0.2, -0.15) is 0 Å². The Kier molecular flexibility index (Phi) is 3.08. The van der Waals surface area contributed by atoms with E-state index in [1.807, 2.05) is 27.7 Å². The van der Waals surface area contributed by atoms with Crippen molar-refractivity contribution in [2.45, 2.75) is 51.6 Å². The van der Waals surface area contributed by atoms with Crippen LogP contribution < -0.4 is 5.06 Å². The van der Waals surface area contributed by atoms with Crippen LogP contribution in [0.2, 0.25) is 0 Å². The van der Waals surface area contributed by atoms with Gasteiger partial charge in [0.1, 0.15) is 0 Å². The van der Waals surface area contributed by atoms with Gasteiger partial charge in [0.25, 0.3) is 0 Å². The molecule has 1 aliphatic heterocycles. The van der Waals surface area contributed by atoms with E-state index in [0.29, 0.717) is 12.8 Å². The summed E-state index contributed by atoms with van der Waals surface area (Å²) in [6.07, 6.45) is 2.69. The standard InChI is InChI=1S/C12H21NO2/c1-6-10(14)9-7-11(2,3)13(15)12(4,5)8-9/h6,9,13H,1,7-8H2,2-5H3. The lowest BCUT2D eigenvalue weighted by molar-refractivity contribution is -0.956. The predicted octanol–water partition coefficient (Wildman–Crippen LogP) is 1.09. The molecule has 3 nitrogen and oxygen atoms in total. The van der Waals surface area contributed by atoms with Crippen LogP contribution in [0.25, 0.3) is 0 Å². The number of rotatable bonds is 2. The molecule has 0 bridgehead atoms. The van der Waals surface area contributed by atoms with Crippen molar-refractivity contribution in [3.8, 4) is 0 Å². The molecule has 1 aliphatic rings. The number of nitrogens with one attached hydrogen (secondary N) is 1. The molecular formula is C12H21NO2. The Labute approximate surface area is 91.7 Å². The number of carbonyl (C=O) groups excluding carboxylic acids is 1. The Bertz CT molecular complexity index is 263. The summed E-state index contributed by atoms with van der Waals surface area (Å²) in [6, 6.07) is 0. The Balaban J connectivity index is 2.93. The molecule has 1 heterocycles. The molecule has 1 saturated heterocycles. The van der Waals surface area contributed by atoms with Gasteiger partial charge in [0.05, 0.1) is 11.1 Å². The van der Waals surface area contributed by atoms with Crippen LogP contribution >= 0.6 is 0 Å². The van der Waals surface area contributed by atoms with Gasteiger partial charge in [-0.15, -0.1) is 0 Å². The Hall–Kier alpha value is -0.670. The van der Waals surface area contributed by atoms with Gasteiger partial charge in [0.2, 0.25) is 0 Å². The van der Waals surface area contributed by atoms with Gasteiger partial charge in [-0.25, -0.2) is 0 Å². The maximum atomic E-state index is 12.1. The molecule has 0 spiro atoms. The van der Waals surface area contributed by atoms with Crippen molar-refractivity contribution in [3.63, 3.8) is 0 Å². The van der Waals surface area contributed by atoms with Crippen LogP contribution in [0.3, 0.4) is 0 Å². The molecule has 86 valence electrons. The summed E-state index contributed by atoms with van der Waals surface area (Å²) in [6.45, 7) is 11.2. The van der Waals surface area contributed by atoms with Crippen LogP contribution in [-0.2, 0) is 4.79 Å². The van der Waals surface area contributed by atoms with Gasteiger partial charge in [0.15, 0.2) is 5.78 Å². The van der Waals surface area contributed by atoms with E-state index >= 15 is 0 Å². The van der Waals surface area contributed by atoms with Crippen LogP contribution in [0.15, 0.2) is 12.7 Å². The molecule has 1 N–H and O–H groups in total. The van der Waals surface area contributed by atoms with Crippen molar-refractivity contribution >= 4 is 5.78 Å². The third kappa shape index (κ3) is 2.29. The summed E-state index contributed by atoms with van der Waals surface area (Å²) in [4.78, 5) is 11.6. The smallest absolute Gasteiger partial charge is 0.158 e. The normalized spacial score (nSPS) is 33.4. The first-order chi connectivity index (χ1) is 6.70. The van der Waals surface area contributed by atoms with E-state index in [4.69, 9.17) is 0 Å². The first-order valence-electron chi connectivity index (χ1n) is 5.42. The number of hydrogen-bond acceptors (Lipinski definition) is 2. The maximum Gasteiger partial charge on any atom is 0.158 e. The number of ketones is 1. The number of allylic oxidation sites excluding steroid dienone is 1. The van der Waals surface area contributed by atoms with E-state index in [2.05, 4.69) is 6.58 Å². The van der Waals surface area contributed by atoms with Gasteiger partial charge >= 0.3 is 0 Å². The lowest BCUT2D eigenvalue weighted by Gasteiger charge is -2.54. The lowest BCUT2D eigenvalue weighted by Crippen LogP contribution is -3.23. The molecule has 0 unspecified atom stereocenters. The van der Waals surface area contributed by atoms with Crippen LogP contribution in [0.5, 0.6) is 0 Å². The number of piperidine rings is 1. The van der Waals surface area contributed by atoms with E-state index in [1.165, 1.54) is 6.08 Å².